The van der Waals surface area contributed by atoms with Crippen molar-refractivity contribution in [2.45, 2.75) is 10.8 Å². The van der Waals surface area contributed by atoms with Crippen LogP contribution in [0.5, 0.6) is 0 Å². The van der Waals surface area contributed by atoms with E-state index in [1.54, 1.807) is 0 Å². The molecule has 0 saturated carbocycles. The fourth-order valence-electron chi connectivity index (χ4n) is 13.4. The first-order valence-corrected chi connectivity index (χ1v) is 25.2. The zero-order chi connectivity index (χ0) is 47.8. The lowest BCUT2D eigenvalue weighted by atomic mass is 9.52. The van der Waals surface area contributed by atoms with Gasteiger partial charge >= 0.3 is 0 Å². The lowest BCUT2D eigenvalue weighted by molar-refractivity contribution is 0.630. The lowest BCUT2D eigenvalue weighted by Gasteiger charge is -2.48. The number of benzene rings is 11. The molecule has 0 N–H and O–H groups in total. The van der Waals surface area contributed by atoms with Gasteiger partial charge in [0.1, 0.15) is 11.2 Å². The first-order valence-electron chi connectivity index (χ1n) is 25.2. The first kappa shape index (κ1) is 40.3. The molecule has 0 amide bonds. The Morgan fingerprint density at radius 3 is 1.53 bits per heavy atom. The molecule has 0 fully saturated rings. The molecule has 0 radical (unpaired) electrons. The van der Waals surface area contributed by atoms with Crippen molar-refractivity contribution in [2.75, 3.05) is 0 Å². The van der Waals surface area contributed by atoms with E-state index in [-0.39, 0.29) is 0 Å². The van der Waals surface area contributed by atoms with Crippen LogP contribution in [0.1, 0.15) is 44.5 Å². The van der Waals surface area contributed by atoms with Gasteiger partial charge in [0.2, 0.25) is 0 Å². The molecule has 2 heterocycles. The Balaban J connectivity index is 0.964. The molecule has 0 unspecified atom stereocenters. The third kappa shape index (κ3) is 5.43. The standard InChI is InChI=1S/C70H42N2O/c1-2-19-44(20-3-1)63-42-64(72-68(71-63)48-37-36-43-18-4-5-21-45(43)38-48)47-23-16-22-46(39-47)49-27-17-34-61-67(49)54-40-53-52-26-8-15-35-65(52)73-66(53)41-62(54)70(61)59-32-13-11-30-57(59)69(58-31-12-14-33-60(58)70)55-28-9-6-24-50(55)51-25-7-10-29-56(51)69/h1-42H. The highest BCUT2D eigenvalue weighted by molar-refractivity contribution is 6.10. The highest BCUT2D eigenvalue weighted by Crippen LogP contribution is 2.68. The van der Waals surface area contributed by atoms with Crippen LogP contribution in [0.3, 0.4) is 0 Å². The Bertz CT molecular complexity index is 4370. The number of furan rings is 1. The quantitative estimate of drug-likeness (QED) is 0.177. The molecule has 3 heteroatoms. The van der Waals surface area contributed by atoms with Crippen molar-refractivity contribution < 1.29 is 4.42 Å². The highest BCUT2D eigenvalue weighted by atomic mass is 16.3. The molecular weight excluding hydrogens is 885 g/mol. The zero-order valence-electron chi connectivity index (χ0n) is 39.6. The van der Waals surface area contributed by atoms with Gasteiger partial charge in [0.05, 0.1) is 22.2 Å². The van der Waals surface area contributed by atoms with Gasteiger partial charge in [-0.05, 0) is 125 Å². The summed E-state index contributed by atoms with van der Waals surface area (Å²) in [7, 11) is 0. The monoisotopic (exact) mass is 926 g/mol. The summed E-state index contributed by atoms with van der Waals surface area (Å²) in [5, 5.41) is 4.58. The minimum atomic E-state index is -0.692. The SMILES string of the molecule is c1ccc(-c2cc(-c3cccc(-c4cccc5c4-c4cc6c(cc4C54c5ccccc5C5(c7ccccc7-c7ccccc75)c5ccccc54)oc4ccccc46)c3)nc(-c3ccc4ccccc4c3)n2)cc1. The Labute approximate surface area is 422 Å². The maximum absolute atomic E-state index is 6.84. The maximum atomic E-state index is 6.84. The Kier molecular flexibility index (Phi) is 8.30. The minimum absolute atomic E-state index is 0.536. The molecule has 3 aliphatic carbocycles. The molecule has 0 atom stereocenters. The van der Waals surface area contributed by atoms with Crippen LogP contribution in [0.4, 0.5) is 0 Å². The summed E-state index contributed by atoms with van der Waals surface area (Å²) in [6.45, 7) is 0. The van der Waals surface area contributed by atoms with Crippen LogP contribution in [0, 0.1) is 0 Å². The van der Waals surface area contributed by atoms with Crippen molar-refractivity contribution in [2.24, 2.45) is 0 Å². The average Bonchev–Trinajstić information content (AvgIpc) is 4.08. The molecule has 0 aliphatic heterocycles. The van der Waals surface area contributed by atoms with Gasteiger partial charge in [0.25, 0.3) is 0 Å². The number of para-hydroxylation sites is 1. The Morgan fingerprint density at radius 2 is 0.808 bits per heavy atom. The number of hydrogen-bond donors (Lipinski definition) is 0. The summed E-state index contributed by atoms with van der Waals surface area (Å²) in [5.74, 6) is 0.695. The van der Waals surface area contributed by atoms with E-state index in [4.69, 9.17) is 14.4 Å². The van der Waals surface area contributed by atoms with Gasteiger partial charge in [-0.15, -0.1) is 0 Å². The molecule has 13 aromatic rings. The smallest absolute Gasteiger partial charge is 0.160 e. The molecule has 3 aliphatic rings. The van der Waals surface area contributed by atoms with Crippen LogP contribution in [0.15, 0.2) is 259 Å². The summed E-state index contributed by atoms with van der Waals surface area (Å²) in [4.78, 5) is 10.6. The van der Waals surface area contributed by atoms with Gasteiger partial charge in [0.15, 0.2) is 5.82 Å². The second-order valence-corrected chi connectivity index (χ2v) is 19.9. The van der Waals surface area contributed by atoms with Crippen molar-refractivity contribution in [3.05, 3.63) is 299 Å². The lowest BCUT2D eigenvalue weighted by Crippen LogP contribution is -2.43. The molecular formula is C70H42N2O. The molecule has 0 saturated heterocycles. The maximum Gasteiger partial charge on any atom is 0.160 e. The second kappa shape index (κ2) is 15.0. The largest absolute Gasteiger partial charge is 0.456 e. The Morgan fingerprint density at radius 1 is 0.274 bits per heavy atom. The van der Waals surface area contributed by atoms with E-state index >= 15 is 0 Å². The van der Waals surface area contributed by atoms with Gasteiger partial charge in [-0.25, -0.2) is 9.97 Å². The van der Waals surface area contributed by atoms with Crippen molar-refractivity contribution in [1.29, 1.82) is 0 Å². The Hall–Kier alpha value is -9.44. The van der Waals surface area contributed by atoms with E-state index in [9.17, 15) is 0 Å². The van der Waals surface area contributed by atoms with E-state index in [1.807, 2.05) is 0 Å². The second-order valence-electron chi connectivity index (χ2n) is 19.9. The van der Waals surface area contributed by atoms with Gasteiger partial charge in [-0.1, -0.05) is 218 Å². The fourth-order valence-corrected chi connectivity index (χ4v) is 13.4. The summed E-state index contributed by atoms with van der Waals surface area (Å²) in [5.41, 5.74) is 23.0. The summed E-state index contributed by atoms with van der Waals surface area (Å²) < 4.78 is 6.84. The number of aromatic nitrogens is 2. The minimum Gasteiger partial charge on any atom is -0.456 e. The highest BCUT2D eigenvalue weighted by Gasteiger charge is 2.59. The van der Waals surface area contributed by atoms with Crippen molar-refractivity contribution in [1.82, 2.24) is 9.97 Å². The van der Waals surface area contributed by atoms with Gasteiger partial charge in [0, 0.05) is 27.5 Å². The van der Waals surface area contributed by atoms with E-state index in [0.29, 0.717) is 5.82 Å². The molecule has 2 spiro atoms. The van der Waals surface area contributed by atoms with E-state index in [0.717, 1.165) is 61.0 Å². The van der Waals surface area contributed by atoms with Crippen LogP contribution in [0.25, 0.3) is 100.0 Å². The van der Waals surface area contributed by atoms with Crippen LogP contribution in [-0.2, 0) is 10.8 Å². The van der Waals surface area contributed by atoms with E-state index in [1.165, 1.54) is 77.7 Å². The molecule has 0 bridgehead atoms. The van der Waals surface area contributed by atoms with Crippen LogP contribution >= 0.6 is 0 Å². The van der Waals surface area contributed by atoms with Gasteiger partial charge in [-0.2, -0.15) is 0 Å². The van der Waals surface area contributed by atoms with E-state index in [2.05, 4.69) is 255 Å². The predicted octanol–water partition coefficient (Wildman–Crippen LogP) is 17.2. The number of nitrogens with zero attached hydrogens (tertiary/aromatic N) is 2. The normalized spacial score (nSPS) is 14.0. The predicted molar refractivity (Wildman–Crippen MR) is 297 cm³/mol. The summed E-state index contributed by atoms with van der Waals surface area (Å²) in [6.07, 6.45) is 0. The van der Waals surface area contributed by atoms with Gasteiger partial charge < -0.3 is 4.42 Å². The fraction of sp³-hybridized carbons (Fsp3) is 0.0286. The van der Waals surface area contributed by atoms with Crippen LogP contribution < -0.4 is 0 Å². The zero-order valence-corrected chi connectivity index (χ0v) is 39.6. The van der Waals surface area contributed by atoms with Gasteiger partial charge in [-0.3, -0.25) is 0 Å². The van der Waals surface area contributed by atoms with Crippen molar-refractivity contribution in [3.8, 4) is 67.3 Å². The topological polar surface area (TPSA) is 38.9 Å². The molecule has 73 heavy (non-hydrogen) atoms. The van der Waals surface area contributed by atoms with Crippen molar-refractivity contribution >= 4 is 32.7 Å². The molecule has 16 rings (SSSR count). The van der Waals surface area contributed by atoms with Crippen LogP contribution in [-0.4, -0.2) is 9.97 Å². The number of hydrogen-bond acceptors (Lipinski definition) is 3. The summed E-state index contributed by atoms with van der Waals surface area (Å²) in [6, 6.07) is 93.6. The van der Waals surface area contributed by atoms with E-state index < -0.39 is 10.8 Å². The molecule has 2 aromatic heterocycles. The summed E-state index contributed by atoms with van der Waals surface area (Å²) >= 11 is 0. The number of rotatable bonds is 4. The number of fused-ring (bicyclic) bond motifs is 20. The first-order chi connectivity index (χ1) is 36.2. The van der Waals surface area contributed by atoms with Crippen LogP contribution in [0.2, 0.25) is 0 Å². The average molecular weight is 927 g/mol. The molecule has 338 valence electrons. The molecule has 11 aromatic carbocycles. The van der Waals surface area contributed by atoms with Crippen molar-refractivity contribution in [3.63, 3.8) is 0 Å². The molecule has 3 nitrogen and oxygen atoms in total. The third-order valence-electron chi connectivity index (χ3n) is 16.4. The third-order valence-corrected chi connectivity index (χ3v) is 16.4.